The summed E-state index contributed by atoms with van der Waals surface area (Å²) in [5.41, 5.74) is 0. The number of esters is 4. The van der Waals surface area contributed by atoms with Gasteiger partial charge in [0.25, 0.3) is 0 Å². The van der Waals surface area contributed by atoms with E-state index in [0.29, 0.717) is 25.7 Å². The summed E-state index contributed by atoms with van der Waals surface area (Å²) in [4.78, 5) is 73.1. The van der Waals surface area contributed by atoms with Crippen LogP contribution in [0, 0.1) is 0 Å². The highest BCUT2D eigenvalue weighted by Crippen LogP contribution is 2.45. The van der Waals surface area contributed by atoms with Crippen molar-refractivity contribution in [2.45, 2.75) is 329 Å². The van der Waals surface area contributed by atoms with Gasteiger partial charge in [0.1, 0.15) is 19.3 Å². The van der Waals surface area contributed by atoms with Crippen LogP contribution in [0.15, 0.2) is 158 Å². The average molecular weight is 1520 g/mol. The van der Waals surface area contributed by atoms with Gasteiger partial charge >= 0.3 is 39.5 Å². The second-order valence-electron chi connectivity index (χ2n) is 26.6. The first kappa shape index (κ1) is 101. The van der Waals surface area contributed by atoms with Gasteiger partial charge in [0.15, 0.2) is 12.2 Å². The third-order valence-electron chi connectivity index (χ3n) is 16.4. The van der Waals surface area contributed by atoms with E-state index in [1.165, 1.54) is 19.3 Å². The fourth-order valence-corrected chi connectivity index (χ4v) is 11.9. The zero-order valence-corrected chi connectivity index (χ0v) is 67.8. The summed E-state index contributed by atoms with van der Waals surface area (Å²) in [5, 5.41) is 10.7. The van der Waals surface area contributed by atoms with E-state index in [9.17, 15) is 43.2 Å². The predicted molar refractivity (Wildman–Crippen MR) is 436 cm³/mol. The molecule has 106 heavy (non-hydrogen) atoms. The Morgan fingerprint density at radius 2 is 0.509 bits per heavy atom. The fraction of sp³-hybridized carbons (Fsp3) is 0.655. The number of phosphoric acid groups is 2. The van der Waals surface area contributed by atoms with Crippen molar-refractivity contribution < 1.29 is 80.2 Å². The van der Waals surface area contributed by atoms with Crippen LogP contribution in [-0.4, -0.2) is 96.7 Å². The van der Waals surface area contributed by atoms with E-state index in [-0.39, 0.29) is 25.7 Å². The van der Waals surface area contributed by atoms with E-state index in [1.54, 1.807) is 0 Å². The summed E-state index contributed by atoms with van der Waals surface area (Å²) in [6, 6.07) is 0. The highest BCUT2D eigenvalue weighted by Gasteiger charge is 2.30. The maximum atomic E-state index is 13.1. The van der Waals surface area contributed by atoms with Crippen LogP contribution < -0.4 is 0 Å². The van der Waals surface area contributed by atoms with Gasteiger partial charge in [-0.2, -0.15) is 0 Å². The molecule has 0 radical (unpaired) electrons. The Morgan fingerprint density at radius 3 is 0.811 bits per heavy atom. The second-order valence-corrected chi connectivity index (χ2v) is 29.5. The summed E-state index contributed by atoms with van der Waals surface area (Å²) in [7, 11) is -9.99. The molecule has 0 heterocycles. The van der Waals surface area contributed by atoms with E-state index < -0.39 is 97.5 Å². The topological polar surface area (TPSA) is 237 Å². The molecule has 5 atom stereocenters. The van der Waals surface area contributed by atoms with E-state index in [1.807, 2.05) is 0 Å². The number of phosphoric ester groups is 2. The largest absolute Gasteiger partial charge is 0.472 e. The minimum Gasteiger partial charge on any atom is -0.462 e. The molecule has 0 aliphatic heterocycles. The van der Waals surface area contributed by atoms with Gasteiger partial charge in [0.2, 0.25) is 0 Å². The van der Waals surface area contributed by atoms with Crippen LogP contribution in [0.3, 0.4) is 0 Å². The number of aliphatic hydroxyl groups excluding tert-OH is 1. The van der Waals surface area contributed by atoms with Crippen molar-refractivity contribution in [2.24, 2.45) is 0 Å². The minimum absolute atomic E-state index is 0.0646. The maximum Gasteiger partial charge on any atom is 0.472 e. The monoisotopic (exact) mass is 1520 g/mol. The SMILES string of the molecule is CC/C=C\C/C=C\C/C=C\C/C=C\CCCCCCCCC(=O)OCC(COP(=O)(O)OCC(O)COP(=O)(O)OCC(COC(=O)CCCC/C=C\C/C=C\C/C=C\C/C=C\CC)OC(=O)CCCCCCC/C=C\C/C=C\CCC)OC(=O)CCCCCCCC/C=C\C/C=C\C/C=C\CCCCC. The van der Waals surface area contributed by atoms with Crippen LogP contribution in [0.1, 0.15) is 310 Å². The number of unbranched alkanes of at least 4 members (excludes halogenated alkanes) is 23. The first-order chi connectivity index (χ1) is 51.7. The normalized spacial score (nSPS) is 14.7. The molecule has 0 aromatic heterocycles. The molecule has 604 valence electrons. The summed E-state index contributed by atoms with van der Waals surface area (Å²) < 4.78 is 68.6. The Bertz CT molecular complexity index is 2630. The van der Waals surface area contributed by atoms with Crippen molar-refractivity contribution in [3.8, 4) is 0 Å². The van der Waals surface area contributed by atoms with Crippen LogP contribution in [0.25, 0.3) is 0 Å². The lowest BCUT2D eigenvalue weighted by Gasteiger charge is -2.21. The van der Waals surface area contributed by atoms with Gasteiger partial charge in [0, 0.05) is 25.7 Å². The molecule has 0 saturated carbocycles. The number of carbonyl (C=O) groups is 4. The number of aliphatic hydroxyl groups is 1. The standard InChI is InChI=1S/C87H144O17P2/c1-5-9-13-17-21-25-29-33-36-38-40-42-45-49-52-56-60-64-68-72-85(90)98-78-83(104-87(92)74-70-66-62-58-54-50-46-43-41-39-37-34-30-26-22-18-14-10-6-2)80-102-106(95,96)100-76-81(88)75-99-105(93,94)101-79-82(103-86(91)73-69-65-61-57-53-47-32-28-24-20-16-12-8-4)77-97-84(89)71-67-63-59-55-51-48-44-35-31-27-23-19-15-11-7-3/h9,11,13,15-16,20-23,25-28,32-37,40-44,51,55,81-83,88H,5-8,10,12,14,17-19,24,29-31,38-39,45-50,52-54,56-80H2,1-4H3,(H,93,94)(H,95,96)/b13-9-,15-11-,20-16-,25-21-,26-22-,27-23-,32-28-,36-33-,37-34-,42-40-,43-41-,44-35-,55-51-. The maximum absolute atomic E-state index is 13.1. The Labute approximate surface area is 642 Å². The van der Waals surface area contributed by atoms with Gasteiger partial charge in [-0.05, 0) is 167 Å². The molecular formula is C87H144O17P2. The quantitative estimate of drug-likeness (QED) is 0.0169. The average Bonchev–Trinajstić information content (AvgIpc) is 0.903. The molecule has 0 aliphatic carbocycles. The van der Waals surface area contributed by atoms with Gasteiger partial charge in [-0.1, -0.05) is 276 Å². The van der Waals surface area contributed by atoms with Crippen molar-refractivity contribution in [3.63, 3.8) is 0 Å². The Kier molecular flexibility index (Phi) is 73.9. The summed E-state index contributed by atoms with van der Waals surface area (Å²) >= 11 is 0. The predicted octanol–water partition coefficient (Wildman–Crippen LogP) is 24.0. The number of allylic oxidation sites excluding steroid dienone is 26. The fourth-order valence-electron chi connectivity index (χ4n) is 10.3. The summed E-state index contributed by atoms with van der Waals surface area (Å²) in [6.07, 6.45) is 90.7. The van der Waals surface area contributed by atoms with Gasteiger partial charge in [-0.25, -0.2) is 9.13 Å². The second kappa shape index (κ2) is 77.8. The molecule has 0 bridgehead atoms. The molecule has 0 aliphatic rings. The molecule has 19 heteroatoms. The van der Waals surface area contributed by atoms with E-state index >= 15 is 0 Å². The van der Waals surface area contributed by atoms with E-state index in [0.717, 1.165) is 212 Å². The van der Waals surface area contributed by atoms with Gasteiger partial charge in [-0.3, -0.25) is 37.3 Å². The molecule has 0 spiro atoms. The lowest BCUT2D eigenvalue weighted by atomic mass is 10.1. The summed E-state index contributed by atoms with van der Waals surface area (Å²) in [6.45, 7) is 4.46. The molecule has 0 aromatic rings. The zero-order chi connectivity index (χ0) is 77.4. The third-order valence-corrected chi connectivity index (χ3v) is 18.3. The number of ether oxygens (including phenoxy) is 4. The molecule has 3 N–H and O–H groups in total. The van der Waals surface area contributed by atoms with E-state index in [2.05, 4.69) is 186 Å². The first-order valence-electron chi connectivity index (χ1n) is 40.7. The molecule has 5 unspecified atom stereocenters. The van der Waals surface area contributed by atoms with Gasteiger partial charge in [0.05, 0.1) is 26.4 Å². The van der Waals surface area contributed by atoms with Crippen molar-refractivity contribution in [1.82, 2.24) is 0 Å². The molecule has 0 aromatic carbocycles. The van der Waals surface area contributed by atoms with Crippen LogP contribution in [0.5, 0.6) is 0 Å². The van der Waals surface area contributed by atoms with Gasteiger partial charge in [-0.15, -0.1) is 0 Å². The lowest BCUT2D eigenvalue weighted by Crippen LogP contribution is -2.30. The first-order valence-corrected chi connectivity index (χ1v) is 43.7. The third kappa shape index (κ3) is 76.9. The lowest BCUT2D eigenvalue weighted by molar-refractivity contribution is -0.161. The van der Waals surface area contributed by atoms with Crippen molar-refractivity contribution in [1.29, 1.82) is 0 Å². The zero-order valence-electron chi connectivity index (χ0n) is 66.1. The van der Waals surface area contributed by atoms with Crippen LogP contribution >= 0.6 is 15.6 Å². The Morgan fingerprint density at radius 1 is 0.274 bits per heavy atom. The Hall–Kier alpha value is -5.32. The molecule has 17 nitrogen and oxygen atoms in total. The highest BCUT2D eigenvalue weighted by atomic mass is 31.2. The molecule has 0 fully saturated rings. The van der Waals surface area contributed by atoms with Crippen LogP contribution in [0.2, 0.25) is 0 Å². The minimum atomic E-state index is -5.00. The number of hydrogen-bond acceptors (Lipinski definition) is 15. The Balaban J connectivity index is 5.43. The number of hydrogen-bond donors (Lipinski definition) is 3. The number of carbonyl (C=O) groups excluding carboxylic acids is 4. The van der Waals surface area contributed by atoms with Crippen molar-refractivity contribution >= 4 is 39.5 Å². The molecular weight excluding hydrogens is 1380 g/mol. The highest BCUT2D eigenvalue weighted by molar-refractivity contribution is 7.47. The van der Waals surface area contributed by atoms with E-state index in [4.69, 9.17) is 37.0 Å². The van der Waals surface area contributed by atoms with Crippen molar-refractivity contribution in [3.05, 3.63) is 158 Å². The summed E-state index contributed by atoms with van der Waals surface area (Å²) in [5.74, 6) is -2.27. The van der Waals surface area contributed by atoms with Gasteiger partial charge < -0.3 is 33.8 Å². The van der Waals surface area contributed by atoms with Crippen LogP contribution in [0.4, 0.5) is 0 Å². The van der Waals surface area contributed by atoms with Crippen molar-refractivity contribution in [2.75, 3.05) is 39.6 Å². The van der Waals surface area contributed by atoms with Crippen LogP contribution in [-0.2, 0) is 65.4 Å². The molecule has 0 rings (SSSR count). The molecule has 0 saturated heterocycles. The number of rotatable bonds is 75. The molecule has 0 amide bonds. The smallest absolute Gasteiger partial charge is 0.462 e.